The van der Waals surface area contributed by atoms with Crippen molar-refractivity contribution >= 4 is 11.6 Å². The summed E-state index contributed by atoms with van der Waals surface area (Å²) in [5.41, 5.74) is 4.27. The van der Waals surface area contributed by atoms with Crippen LogP contribution in [0, 0.1) is 13.8 Å². The Kier molecular flexibility index (Phi) is 3.74. The molecule has 0 aliphatic carbocycles. The molecule has 102 valence electrons. The van der Waals surface area contributed by atoms with E-state index in [2.05, 4.69) is 25.9 Å². The highest BCUT2D eigenvalue weighted by molar-refractivity contribution is 5.48. The monoisotopic (exact) mass is 259 g/mol. The average molecular weight is 259 g/mol. The third-order valence-corrected chi connectivity index (χ3v) is 3.14. The summed E-state index contributed by atoms with van der Waals surface area (Å²) < 4.78 is 2.09. The summed E-state index contributed by atoms with van der Waals surface area (Å²) in [7, 11) is 6.01. The van der Waals surface area contributed by atoms with Crippen LogP contribution in [0.25, 0.3) is 0 Å². The molecular formula is C14H21N5. The van der Waals surface area contributed by atoms with E-state index in [4.69, 9.17) is 0 Å². The first-order valence-corrected chi connectivity index (χ1v) is 6.35. The van der Waals surface area contributed by atoms with Gasteiger partial charge in [-0.1, -0.05) is 0 Å². The van der Waals surface area contributed by atoms with Gasteiger partial charge in [0.2, 0.25) is 5.95 Å². The van der Waals surface area contributed by atoms with Gasteiger partial charge in [-0.25, -0.2) is 4.98 Å². The number of rotatable bonds is 4. The van der Waals surface area contributed by atoms with Gasteiger partial charge in [0.1, 0.15) is 0 Å². The van der Waals surface area contributed by atoms with Gasteiger partial charge in [0.15, 0.2) is 0 Å². The van der Waals surface area contributed by atoms with Crippen molar-refractivity contribution in [3.05, 3.63) is 35.4 Å². The Hall–Kier alpha value is -2.04. The molecule has 2 rings (SSSR count). The molecule has 0 unspecified atom stereocenters. The summed E-state index contributed by atoms with van der Waals surface area (Å²) >= 11 is 0. The lowest BCUT2D eigenvalue weighted by Crippen LogP contribution is -2.15. The number of aromatic nitrogens is 3. The molecule has 0 aliphatic rings. The molecule has 0 saturated heterocycles. The van der Waals surface area contributed by atoms with Gasteiger partial charge in [-0.2, -0.15) is 0 Å². The predicted octanol–water partition coefficient (Wildman–Crippen LogP) is 2.11. The van der Waals surface area contributed by atoms with E-state index in [1.54, 1.807) is 0 Å². The Morgan fingerprint density at radius 2 is 2.00 bits per heavy atom. The van der Waals surface area contributed by atoms with Crippen LogP contribution in [0.1, 0.15) is 17.1 Å². The fourth-order valence-electron chi connectivity index (χ4n) is 2.07. The maximum absolute atomic E-state index is 4.45. The number of imidazole rings is 1. The van der Waals surface area contributed by atoms with Crippen LogP contribution < -0.4 is 10.2 Å². The van der Waals surface area contributed by atoms with Gasteiger partial charge >= 0.3 is 0 Å². The molecule has 0 bridgehead atoms. The maximum atomic E-state index is 4.45. The van der Waals surface area contributed by atoms with Crippen molar-refractivity contribution in [3.8, 4) is 0 Å². The highest BCUT2D eigenvalue weighted by Crippen LogP contribution is 2.16. The molecular weight excluding hydrogens is 238 g/mol. The van der Waals surface area contributed by atoms with Gasteiger partial charge in [-0.3, -0.25) is 4.98 Å². The van der Waals surface area contributed by atoms with Crippen molar-refractivity contribution in [2.24, 2.45) is 7.05 Å². The molecule has 0 saturated carbocycles. The van der Waals surface area contributed by atoms with Crippen molar-refractivity contribution in [1.29, 1.82) is 0 Å². The Morgan fingerprint density at radius 3 is 2.58 bits per heavy atom. The van der Waals surface area contributed by atoms with E-state index < -0.39 is 0 Å². The standard InChI is InChI=1S/C14H21N5/c1-10-6-7-13(11(2)17-10)15-8-12-9-16-14(18(3)4)19(12)5/h6-7,9,15H,8H2,1-5H3. The smallest absolute Gasteiger partial charge is 0.204 e. The Balaban J connectivity index is 2.10. The number of nitrogens with zero attached hydrogens (tertiary/aromatic N) is 4. The molecule has 2 heterocycles. The average Bonchev–Trinajstić information content (AvgIpc) is 2.70. The zero-order chi connectivity index (χ0) is 14.0. The minimum Gasteiger partial charge on any atom is -0.378 e. The molecule has 0 spiro atoms. The molecule has 5 heteroatoms. The van der Waals surface area contributed by atoms with E-state index >= 15 is 0 Å². The van der Waals surface area contributed by atoms with Crippen molar-refractivity contribution < 1.29 is 0 Å². The highest BCUT2D eigenvalue weighted by Gasteiger charge is 2.08. The zero-order valence-corrected chi connectivity index (χ0v) is 12.2. The number of hydrogen-bond donors (Lipinski definition) is 1. The first-order chi connectivity index (χ1) is 8.99. The molecule has 5 nitrogen and oxygen atoms in total. The highest BCUT2D eigenvalue weighted by atomic mass is 15.3. The third kappa shape index (κ3) is 2.86. The largest absolute Gasteiger partial charge is 0.378 e. The van der Waals surface area contributed by atoms with Crippen LogP contribution in [0.5, 0.6) is 0 Å². The third-order valence-electron chi connectivity index (χ3n) is 3.14. The summed E-state index contributed by atoms with van der Waals surface area (Å²) in [4.78, 5) is 10.8. The Labute approximate surface area is 114 Å². The van der Waals surface area contributed by atoms with Gasteiger partial charge in [0.05, 0.1) is 29.8 Å². The van der Waals surface area contributed by atoms with E-state index in [0.717, 1.165) is 35.3 Å². The maximum Gasteiger partial charge on any atom is 0.204 e. The van der Waals surface area contributed by atoms with Crippen LogP contribution in [-0.4, -0.2) is 28.6 Å². The van der Waals surface area contributed by atoms with Crippen LogP contribution in [0.2, 0.25) is 0 Å². The Morgan fingerprint density at radius 1 is 1.26 bits per heavy atom. The van der Waals surface area contributed by atoms with Crippen molar-refractivity contribution in [1.82, 2.24) is 14.5 Å². The SMILES string of the molecule is Cc1ccc(NCc2cnc(N(C)C)n2C)c(C)n1. The quantitative estimate of drug-likeness (QED) is 0.913. The minimum absolute atomic E-state index is 0.739. The number of hydrogen-bond acceptors (Lipinski definition) is 4. The number of pyridine rings is 1. The van der Waals surface area contributed by atoms with Crippen molar-refractivity contribution in [2.75, 3.05) is 24.3 Å². The van der Waals surface area contributed by atoms with E-state index in [1.807, 2.05) is 52.2 Å². The molecule has 0 fully saturated rings. The zero-order valence-electron chi connectivity index (χ0n) is 12.2. The summed E-state index contributed by atoms with van der Waals surface area (Å²) in [6, 6.07) is 4.09. The number of anilines is 2. The number of nitrogens with one attached hydrogen (secondary N) is 1. The van der Waals surface area contributed by atoms with Crippen molar-refractivity contribution in [3.63, 3.8) is 0 Å². The molecule has 0 atom stereocenters. The fraction of sp³-hybridized carbons (Fsp3) is 0.429. The van der Waals surface area contributed by atoms with Gasteiger partial charge in [-0.15, -0.1) is 0 Å². The summed E-state index contributed by atoms with van der Waals surface area (Å²) in [5.74, 6) is 0.954. The molecule has 2 aromatic heterocycles. The van der Waals surface area contributed by atoms with Crippen molar-refractivity contribution in [2.45, 2.75) is 20.4 Å². The fourth-order valence-corrected chi connectivity index (χ4v) is 2.07. The van der Waals surface area contributed by atoms with Crippen LogP contribution in [0.4, 0.5) is 11.6 Å². The van der Waals surface area contributed by atoms with E-state index in [1.165, 1.54) is 0 Å². The van der Waals surface area contributed by atoms with Crippen LogP contribution in [0.15, 0.2) is 18.3 Å². The lowest BCUT2D eigenvalue weighted by atomic mass is 10.2. The predicted molar refractivity (Wildman–Crippen MR) is 78.6 cm³/mol. The first kappa shape index (κ1) is 13.4. The molecule has 2 aromatic rings. The minimum atomic E-state index is 0.739. The molecule has 0 aromatic carbocycles. The van der Waals surface area contributed by atoms with Gasteiger partial charge in [0, 0.05) is 26.8 Å². The molecule has 0 radical (unpaired) electrons. The van der Waals surface area contributed by atoms with Crippen LogP contribution >= 0.6 is 0 Å². The normalized spacial score (nSPS) is 10.6. The summed E-state index contributed by atoms with van der Waals surface area (Å²) in [6.07, 6.45) is 1.90. The topological polar surface area (TPSA) is 46.0 Å². The second-order valence-electron chi connectivity index (χ2n) is 4.94. The van der Waals surface area contributed by atoms with Gasteiger partial charge in [-0.05, 0) is 26.0 Å². The molecule has 19 heavy (non-hydrogen) atoms. The molecule has 0 amide bonds. The van der Waals surface area contributed by atoms with Crippen LogP contribution in [-0.2, 0) is 13.6 Å². The first-order valence-electron chi connectivity index (χ1n) is 6.35. The number of aryl methyl sites for hydroxylation is 2. The second kappa shape index (κ2) is 5.30. The van der Waals surface area contributed by atoms with E-state index in [0.29, 0.717) is 0 Å². The molecule has 0 aliphatic heterocycles. The summed E-state index contributed by atoms with van der Waals surface area (Å²) in [6.45, 7) is 4.76. The van der Waals surface area contributed by atoms with Gasteiger partial charge in [0.25, 0.3) is 0 Å². The van der Waals surface area contributed by atoms with E-state index in [-0.39, 0.29) is 0 Å². The van der Waals surface area contributed by atoms with Crippen LogP contribution in [0.3, 0.4) is 0 Å². The summed E-state index contributed by atoms with van der Waals surface area (Å²) in [5, 5.41) is 3.41. The van der Waals surface area contributed by atoms with Gasteiger partial charge < -0.3 is 14.8 Å². The van der Waals surface area contributed by atoms with E-state index in [9.17, 15) is 0 Å². The molecule has 1 N–H and O–H groups in total. The lowest BCUT2D eigenvalue weighted by molar-refractivity contribution is 0.813. The Bertz CT molecular complexity index is 571. The second-order valence-corrected chi connectivity index (χ2v) is 4.94. The lowest BCUT2D eigenvalue weighted by Gasteiger charge is -2.13.